The molecule has 2 heterocycles. The molecule has 2 aromatic heterocycles. The van der Waals surface area contributed by atoms with E-state index in [-0.39, 0.29) is 5.82 Å². The Morgan fingerprint density at radius 3 is 2.81 bits per heavy atom. The van der Waals surface area contributed by atoms with Gasteiger partial charge in [0.25, 0.3) is 0 Å². The van der Waals surface area contributed by atoms with E-state index >= 15 is 0 Å². The average molecular weight is 381 g/mol. The first-order chi connectivity index (χ1) is 13.2. The van der Waals surface area contributed by atoms with E-state index in [9.17, 15) is 4.39 Å². The Morgan fingerprint density at radius 1 is 1.15 bits per heavy atom. The van der Waals surface area contributed by atoms with Crippen LogP contribution in [0.5, 0.6) is 5.75 Å². The molecular formula is C19H16FN5OS. The second kappa shape index (κ2) is 7.63. The van der Waals surface area contributed by atoms with Crippen molar-refractivity contribution in [2.24, 2.45) is 0 Å². The fraction of sp³-hybridized carbons (Fsp3) is 0.158. The highest BCUT2D eigenvalue weighted by atomic mass is 32.1. The monoisotopic (exact) mass is 381 g/mol. The smallest absolute Gasteiger partial charge is 0.205 e. The molecule has 0 aliphatic rings. The lowest BCUT2D eigenvalue weighted by atomic mass is 10.2. The molecule has 0 aliphatic carbocycles. The number of halogens is 1. The van der Waals surface area contributed by atoms with Crippen LogP contribution in [0.1, 0.15) is 16.3 Å². The van der Waals surface area contributed by atoms with E-state index in [2.05, 4.69) is 20.4 Å². The van der Waals surface area contributed by atoms with Crippen LogP contribution in [-0.2, 0) is 13.2 Å². The summed E-state index contributed by atoms with van der Waals surface area (Å²) in [6, 6.07) is 14.0. The van der Waals surface area contributed by atoms with Crippen molar-refractivity contribution in [1.29, 1.82) is 0 Å². The molecule has 0 amide bonds. The second-order valence-corrected chi connectivity index (χ2v) is 6.93. The lowest BCUT2D eigenvalue weighted by Gasteiger charge is -2.03. The lowest BCUT2D eigenvalue weighted by Crippen LogP contribution is -2.05. The number of aromatic nitrogens is 5. The summed E-state index contributed by atoms with van der Waals surface area (Å²) < 4.78 is 19.1. The quantitative estimate of drug-likeness (QED) is 0.507. The van der Waals surface area contributed by atoms with Crippen molar-refractivity contribution < 1.29 is 9.13 Å². The van der Waals surface area contributed by atoms with Crippen molar-refractivity contribution in [3.8, 4) is 17.1 Å². The first-order valence-electron chi connectivity index (χ1n) is 8.32. The molecular weight excluding hydrogens is 365 g/mol. The molecule has 0 aliphatic heterocycles. The van der Waals surface area contributed by atoms with Crippen LogP contribution in [0.3, 0.4) is 0 Å². The Kier molecular flexibility index (Phi) is 4.88. The van der Waals surface area contributed by atoms with Gasteiger partial charge >= 0.3 is 0 Å². The molecule has 0 unspecified atom stereocenters. The summed E-state index contributed by atoms with van der Waals surface area (Å²) in [7, 11) is 0. The maximum atomic E-state index is 13.3. The number of ether oxygens (including phenoxy) is 1. The minimum atomic E-state index is -0.332. The van der Waals surface area contributed by atoms with Gasteiger partial charge in [0.1, 0.15) is 29.7 Å². The van der Waals surface area contributed by atoms with Gasteiger partial charge in [-0.1, -0.05) is 29.8 Å². The molecule has 8 heteroatoms. The van der Waals surface area contributed by atoms with E-state index < -0.39 is 0 Å². The van der Waals surface area contributed by atoms with E-state index in [4.69, 9.17) is 4.74 Å². The zero-order valence-electron chi connectivity index (χ0n) is 14.5. The summed E-state index contributed by atoms with van der Waals surface area (Å²) in [6.07, 6.45) is 0. The van der Waals surface area contributed by atoms with Crippen LogP contribution >= 0.6 is 11.3 Å². The van der Waals surface area contributed by atoms with Crippen LogP contribution in [-0.4, -0.2) is 25.2 Å². The minimum absolute atomic E-state index is 0.332. The van der Waals surface area contributed by atoms with Gasteiger partial charge in [0.05, 0.1) is 5.69 Å². The minimum Gasteiger partial charge on any atom is -0.486 e. The summed E-state index contributed by atoms with van der Waals surface area (Å²) in [5.74, 6) is 0.865. The fourth-order valence-corrected chi connectivity index (χ4v) is 3.16. The number of hydrogen-bond acceptors (Lipinski definition) is 6. The first kappa shape index (κ1) is 17.3. The number of tetrazole rings is 1. The summed E-state index contributed by atoms with van der Waals surface area (Å²) in [4.78, 5) is 5.98. The van der Waals surface area contributed by atoms with Crippen molar-refractivity contribution in [2.45, 2.75) is 20.1 Å². The Morgan fingerprint density at radius 2 is 2.00 bits per heavy atom. The van der Waals surface area contributed by atoms with E-state index in [0.29, 0.717) is 24.5 Å². The molecule has 136 valence electrons. The van der Waals surface area contributed by atoms with Gasteiger partial charge < -0.3 is 4.74 Å². The number of benzene rings is 2. The number of nitrogens with zero attached hydrogens (tertiary/aromatic N) is 5. The molecule has 6 nitrogen and oxygen atoms in total. The summed E-state index contributed by atoms with van der Waals surface area (Å²) >= 11 is 1.52. The van der Waals surface area contributed by atoms with Crippen LogP contribution in [0.4, 0.5) is 4.39 Å². The predicted octanol–water partition coefficient (Wildman–Crippen LogP) is 3.87. The highest BCUT2D eigenvalue weighted by Crippen LogP contribution is 2.17. The number of aryl methyl sites for hydroxylation is 1. The van der Waals surface area contributed by atoms with Gasteiger partial charge in [-0.15, -0.1) is 21.5 Å². The summed E-state index contributed by atoms with van der Waals surface area (Å²) in [5.41, 5.74) is 2.61. The Balaban J connectivity index is 1.38. The predicted molar refractivity (Wildman–Crippen MR) is 99.9 cm³/mol. The van der Waals surface area contributed by atoms with Gasteiger partial charge in [0, 0.05) is 10.9 Å². The van der Waals surface area contributed by atoms with E-state index in [1.54, 1.807) is 12.1 Å². The van der Waals surface area contributed by atoms with E-state index in [0.717, 1.165) is 16.5 Å². The van der Waals surface area contributed by atoms with Gasteiger partial charge in [-0.25, -0.2) is 9.37 Å². The molecule has 2 aromatic carbocycles. The normalized spacial score (nSPS) is 10.9. The molecule has 0 bridgehead atoms. The largest absolute Gasteiger partial charge is 0.486 e. The van der Waals surface area contributed by atoms with E-state index in [1.807, 2.05) is 36.6 Å². The number of thiazole rings is 1. The lowest BCUT2D eigenvalue weighted by molar-refractivity contribution is 0.305. The van der Waals surface area contributed by atoms with Crippen molar-refractivity contribution >= 4 is 11.3 Å². The van der Waals surface area contributed by atoms with Gasteiger partial charge in [-0.2, -0.15) is 4.80 Å². The molecule has 27 heavy (non-hydrogen) atoms. The number of rotatable bonds is 6. The Labute approximate surface area is 159 Å². The topological polar surface area (TPSA) is 65.7 Å². The second-order valence-electron chi connectivity index (χ2n) is 5.99. The van der Waals surface area contributed by atoms with E-state index in [1.165, 1.54) is 33.8 Å². The molecule has 0 N–H and O–H groups in total. The van der Waals surface area contributed by atoms with Gasteiger partial charge in [0.2, 0.25) is 5.82 Å². The zero-order chi connectivity index (χ0) is 18.6. The molecule has 4 rings (SSSR count). The summed E-state index contributed by atoms with van der Waals surface area (Å²) in [5, 5.41) is 15.1. The molecule has 0 saturated carbocycles. The molecule has 0 radical (unpaired) electrons. The average Bonchev–Trinajstić information content (AvgIpc) is 3.31. The maximum Gasteiger partial charge on any atom is 0.205 e. The third-order valence-corrected chi connectivity index (χ3v) is 4.69. The standard InChI is InChI=1S/C19H16FN5OS/c1-13-5-7-17(8-6-13)26-11-18-21-16(12-27-18)10-25-23-19(22-24-25)14-3-2-4-15(20)9-14/h2-9,12H,10-11H2,1H3. The molecule has 4 aromatic rings. The maximum absolute atomic E-state index is 13.3. The highest BCUT2D eigenvalue weighted by Gasteiger charge is 2.09. The third-order valence-electron chi connectivity index (χ3n) is 3.82. The van der Waals surface area contributed by atoms with Crippen molar-refractivity contribution in [3.05, 3.63) is 76.0 Å². The Bertz CT molecular complexity index is 1040. The molecule has 0 atom stereocenters. The van der Waals surface area contributed by atoms with Gasteiger partial charge in [0.15, 0.2) is 0 Å². The van der Waals surface area contributed by atoms with Crippen molar-refractivity contribution in [1.82, 2.24) is 25.2 Å². The molecule has 0 spiro atoms. The third kappa shape index (κ3) is 4.35. The Hall–Kier alpha value is -3.13. The van der Waals surface area contributed by atoms with Crippen LogP contribution in [0.15, 0.2) is 53.9 Å². The van der Waals surface area contributed by atoms with Crippen molar-refractivity contribution in [3.63, 3.8) is 0 Å². The zero-order valence-corrected chi connectivity index (χ0v) is 15.4. The van der Waals surface area contributed by atoms with Crippen LogP contribution in [0.2, 0.25) is 0 Å². The summed E-state index contributed by atoms with van der Waals surface area (Å²) in [6.45, 7) is 2.84. The first-order valence-corrected chi connectivity index (χ1v) is 9.20. The SMILES string of the molecule is Cc1ccc(OCc2nc(Cn3nnc(-c4cccc(F)c4)n3)cs2)cc1. The fourth-order valence-electron chi connectivity index (χ4n) is 2.47. The highest BCUT2D eigenvalue weighted by molar-refractivity contribution is 7.09. The van der Waals surface area contributed by atoms with Crippen LogP contribution < -0.4 is 4.74 Å². The van der Waals surface area contributed by atoms with Gasteiger partial charge in [-0.05, 0) is 36.4 Å². The van der Waals surface area contributed by atoms with Crippen LogP contribution in [0.25, 0.3) is 11.4 Å². The number of hydrogen-bond donors (Lipinski definition) is 0. The molecule has 0 fully saturated rings. The molecule has 0 saturated heterocycles. The van der Waals surface area contributed by atoms with Gasteiger partial charge in [-0.3, -0.25) is 0 Å². The van der Waals surface area contributed by atoms with Crippen molar-refractivity contribution in [2.75, 3.05) is 0 Å². The van der Waals surface area contributed by atoms with Crippen LogP contribution in [0, 0.1) is 12.7 Å².